The molecule has 0 aliphatic rings. The van der Waals surface area contributed by atoms with Crippen LogP contribution in [0.25, 0.3) is 0 Å². The molecule has 2 N–H and O–H groups in total. The lowest BCUT2D eigenvalue weighted by Gasteiger charge is -2.10. The van der Waals surface area contributed by atoms with Gasteiger partial charge in [0, 0.05) is 5.38 Å². The Labute approximate surface area is 128 Å². The number of carbonyl (C=O) groups excluding carboxylic acids is 1. The first-order valence-corrected chi connectivity index (χ1v) is 7.77. The molecule has 0 radical (unpaired) electrons. The number of nitrogens with one attached hydrogen (secondary N) is 1. The maximum absolute atomic E-state index is 12.1. The van der Waals surface area contributed by atoms with Crippen molar-refractivity contribution < 1.29 is 14.7 Å². The summed E-state index contributed by atoms with van der Waals surface area (Å²) < 4.78 is 0. The Kier molecular flexibility index (Phi) is 4.42. The summed E-state index contributed by atoms with van der Waals surface area (Å²) in [5.41, 5.74) is 0.841. The van der Waals surface area contributed by atoms with Crippen LogP contribution in [0.15, 0.2) is 10.8 Å². The van der Waals surface area contributed by atoms with E-state index in [1.165, 1.54) is 28.1 Å². The summed E-state index contributed by atoms with van der Waals surface area (Å²) in [4.78, 5) is 27.3. The maximum atomic E-state index is 12.1. The van der Waals surface area contributed by atoms with E-state index in [0.29, 0.717) is 14.9 Å². The molecule has 0 aliphatic heterocycles. The normalized spacial score (nSPS) is 12.2. The first-order valence-electron chi connectivity index (χ1n) is 5.63. The van der Waals surface area contributed by atoms with Crippen LogP contribution >= 0.6 is 34.3 Å². The summed E-state index contributed by atoms with van der Waals surface area (Å²) in [6.45, 7) is 3.58. The molecule has 1 amide bonds. The number of carboxylic acid groups (broad SMARTS) is 1. The summed E-state index contributed by atoms with van der Waals surface area (Å²) in [6.07, 6.45) is 0. The first kappa shape index (κ1) is 15.0. The smallest absolute Gasteiger partial charge is 0.355 e. The SMILES string of the molecule is Cc1csc(C(=O)NC(C)c2nc(C(=O)O)cs2)c1Cl. The van der Waals surface area contributed by atoms with E-state index in [1.54, 1.807) is 6.92 Å². The van der Waals surface area contributed by atoms with Gasteiger partial charge in [0.15, 0.2) is 5.69 Å². The third-order valence-electron chi connectivity index (χ3n) is 2.56. The average Bonchev–Trinajstić information content (AvgIpc) is 2.98. The number of carbonyl (C=O) groups is 2. The number of amides is 1. The Balaban J connectivity index is 2.10. The molecule has 2 aromatic heterocycles. The largest absolute Gasteiger partial charge is 0.476 e. The van der Waals surface area contributed by atoms with Gasteiger partial charge in [-0.15, -0.1) is 22.7 Å². The second kappa shape index (κ2) is 5.90. The van der Waals surface area contributed by atoms with Gasteiger partial charge in [-0.1, -0.05) is 11.6 Å². The van der Waals surface area contributed by atoms with Crippen molar-refractivity contribution in [3.63, 3.8) is 0 Å². The number of rotatable bonds is 4. The van der Waals surface area contributed by atoms with Crippen LogP contribution in [0.5, 0.6) is 0 Å². The van der Waals surface area contributed by atoms with Crippen LogP contribution in [-0.2, 0) is 0 Å². The molecular weight excluding hydrogens is 320 g/mol. The van der Waals surface area contributed by atoms with Crippen LogP contribution in [0, 0.1) is 6.92 Å². The molecule has 0 saturated heterocycles. The van der Waals surface area contributed by atoms with E-state index in [9.17, 15) is 9.59 Å². The zero-order valence-corrected chi connectivity index (χ0v) is 13.0. The number of hydrogen-bond donors (Lipinski definition) is 2. The molecule has 0 spiro atoms. The lowest BCUT2D eigenvalue weighted by Crippen LogP contribution is -2.26. The van der Waals surface area contributed by atoms with E-state index in [0.717, 1.165) is 5.56 Å². The van der Waals surface area contributed by atoms with Crippen molar-refractivity contribution in [1.82, 2.24) is 10.3 Å². The number of thiophene rings is 1. The van der Waals surface area contributed by atoms with Gasteiger partial charge in [0.05, 0.1) is 11.1 Å². The summed E-state index contributed by atoms with van der Waals surface area (Å²) in [7, 11) is 0. The van der Waals surface area contributed by atoms with Crippen LogP contribution < -0.4 is 5.32 Å². The lowest BCUT2D eigenvalue weighted by atomic mass is 10.3. The van der Waals surface area contributed by atoms with Crippen LogP contribution in [0.4, 0.5) is 0 Å². The van der Waals surface area contributed by atoms with Crippen LogP contribution in [-0.4, -0.2) is 22.0 Å². The highest BCUT2D eigenvalue weighted by Crippen LogP contribution is 2.28. The van der Waals surface area contributed by atoms with Crippen molar-refractivity contribution in [2.45, 2.75) is 19.9 Å². The molecule has 0 fully saturated rings. The van der Waals surface area contributed by atoms with Gasteiger partial charge in [0.25, 0.3) is 5.91 Å². The van der Waals surface area contributed by atoms with Crippen molar-refractivity contribution in [3.8, 4) is 0 Å². The number of hydrogen-bond acceptors (Lipinski definition) is 5. The van der Waals surface area contributed by atoms with Crippen LogP contribution in [0.1, 0.15) is 43.7 Å². The average molecular weight is 331 g/mol. The van der Waals surface area contributed by atoms with Gasteiger partial charge in [0.2, 0.25) is 0 Å². The molecule has 1 unspecified atom stereocenters. The highest BCUT2D eigenvalue weighted by atomic mass is 35.5. The van der Waals surface area contributed by atoms with Crippen molar-refractivity contribution >= 4 is 46.2 Å². The molecule has 8 heteroatoms. The number of carboxylic acids is 1. The summed E-state index contributed by atoms with van der Waals surface area (Å²) >= 11 is 8.51. The van der Waals surface area contributed by atoms with Gasteiger partial charge in [-0.25, -0.2) is 9.78 Å². The summed E-state index contributed by atoms with van der Waals surface area (Å²) in [5.74, 6) is -1.37. The monoisotopic (exact) mass is 330 g/mol. The zero-order chi connectivity index (χ0) is 14.9. The van der Waals surface area contributed by atoms with E-state index in [2.05, 4.69) is 10.3 Å². The van der Waals surface area contributed by atoms with E-state index in [-0.39, 0.29) is 17.6 Å². The van der Waals surface area contributed by atoms with Crippen molar-refractivity contribution in [3.05, 3.63) is 36.9 Å². The van der Waals surface area contributed by atoms with Gasteiger partial charge < -0.3 is 10.4 Å². The summed E-state index contributed by atoms with van der Waals surface area (Å²) in [6, 6.07) is -0.376. The van der Waals surface area contributed by atoms with Crippen LogP contribution in [0.3, 0.4) is 0 Å². The van der Waals surface area contributed by atoms with Gasteiger partial charge in [-0.2, -0.15) is 0 Å². The topological polar surface area (TPSA) is 79.3 Å². The number of aromatic carboxylic acids is 1. The predicted molar refractivity (Wildman–Crippen MR) is 79.0 cm³/mol. The van der Waals surface area contributed by atoms with E-state index < -0.39 is 5.97 Å². The third kappa shape index (κ3) is 3.00. The van der Waals surface area contributed by atoms with Crippen LogP contribution in [0.2, 0.25) is 5.02 Å². The molecule has 20 heavy (non-hydrogen) atoms. The molecule has 5 nitrogen and oxygen atoms in total. The Morgan fingerprint density at radius 3 is 2.60 bits per heavy atom. The van der Waals surface area contributed by atoms with Gasteiger partial charge in [0.1, 0.15) is 9.88 Å². The molecule has 0 bridgehead atoms. The molecular formula is C12H11ClN2O3S2. The van der Waals surface area contributed by atoms with E-state index >= 15 is 0 Å². The van der Waals surface area contributed by atoms with Crippen molar-refractivity contribution in [2.24, 2.45) is 0 Å². The maximum Gasteiger partial charge on any atom is 0.355 e. The minimum absolute atomic E-state index is 0.0175. The standard InChI is InChI=1S/C12H11ClN2O3S2/c1-5-3-19-9(8(5)13)10(16)14-6(2)11-15-7(4-20-11)12(17)18/h3-4,6H,1-2H3,(H,14,16)(H,17,18). The molecule has 2 aromatic rings. The fourth-order valence-electron chi connectivity index (χ4n) is 1.49. The number of thiazole rings is 1. The molecule has 2 rings (SSSR count). The Morgan fingerprint density at radius 1 is 1.40 bits per heavy atom. The second-order valence-corrected chi connectivity index (χ2v) is 6.28. The Bertz CT molecular complexity index is 665. The molecule has 0 aromatic carbocycles. The minimum atomic E-state index is -1.08. The third-order valence-corrected chi connectivity index (χ3v) is 5.29. The number of halogens is 1. The zero-order valence-electron chi connectivity index (χ0n) is 10.6. The highest BCUT2D eigenvalue weighted by molar-refractivity contribution is 7.13. The number of aryl methyl sites for hydroxylation is 1. The number of nitrogens with zero attached hydrogens (tertiary/aromatic N) is 1. The number of aromatic nitrogens is 1. The fraction of sp³-hybridized carbons (Fsp3) is 0.250. The molecule has 106 valence electrons. The quantitative estimate of drug-likeness (QED) is 0.901. The molecule has 2 heterocycles. The Hall–Kier alpha value is -1.44. The first-order chi connectivity index (χ1) is 9.40. The predicted octanol–water partition coefficient (Wildman–Crippen LogP) is 3.36. The highest BCUT2D eigenvalue weighted by Gasteiger charge is 2.19. The van der Waals surface area contributed by atoms with E-state index in [4.69, 9.17) is 16.7 Å². The lowest BCUT2D eigenvalue weighted by molar-refractivity contribution is 0.0691. The van der Waals surface area contributed by atoms with Crippen molar-refractivity contribution in [1.29, 1.82) is 0 Å². The second-order valence-electron chi connectivity index (χ2n) is 4.13. The molecule has 0 saturated carbocycles. The molecule has 0 aliphatic carbocycles. The molecule has 1 atom stereocenters. The summed E-state index contributed by atoms with van der Waals surface area (Å²) in [5, 5.41) is 15.8. The van der Waals surface area contributed by atoms with E-state index in [1.807, 2.05) is 12.3 Å². The minimum Gasteiger partial charge on any atom is -0.476 e. The van der Waals surface area contributed by atoms with Gasteiger partial charge in [-0.3, -0.25) is 4.79 Å². The van der Waals surface area contributed by atoms with Gasteiger partial charge >= 0.3 is 5.97 Å². The van der Waals surface area contributed by atoms with Gasteiger partial charge in [-0.05, 0) is 24.8 Å². The van der Waals surface area contributed by atoms with Crippen molar-refractivity contribution in [2.75, 3.05) is 0 Å². The fourth-order valence-corrected chi connectivity index (χ4v) is 3.47. The Morgan fingerprint density at radius 2 is 2.10 bits per heavy atom.